The molecule has 2 aromatic heterocycles. The van der Waals surface area contributed by atoms with Crippen LogP contribution in [-0.2, 0) is 4.74 Å². The smallest absolute Gasteiger partial charge is 0.338 e. The van der Waals surface area contributed by atoms with Crippen molar-refractivity contribution in [2.75, 3.05) is 7.11 Å². The Kier molecular flexibility index (Phi) is 3.47. The third-order valence-corrected chi connectivity index (χ3v) is 3.04. The Labute approximate surface area is 121 Å². The van der Waals surface area contributed by atoms with Gasteiger partial charge in [-0.05, 0) is 18.2 Å². The van der Waals surface area contributed by atoms with Crippen molar-refractivity contribution in [1.82, 2.24) is 10.1 Å². The van der Waals surface area contributed by atoms with Crippen LogP contribution in [0.5, 0.6) is 0 Å². The third-order valence-electron chi connectivity index (χ3n) is 3.04. The van der Waals surface area contributed by atoms with Gasteiger partial charge in [-0.2, -0.15) is 0 Å². The summed E-state index contributed by atoms with van der Waals surface area (Å²) in [5, 5.41) is 4.02. The molecule has 2 heterocycles. The Morgan fingerprint density at radius 2 is 1.90 bits per heavy atom. The molecule has 0 saturated heterocycles. The van der Waals surface area contributed by atoms with Gasteiger partial charge in [0, 0.05) is 17.8 Å². The average molecular weight is 280 g/mol. The topological polar surface area (TPSA) is 65.2 Å². The van der Waals surface area contributed by atoms with Crippen molar-refractivity contribution in [3.8, 4) is 22.7 Å². The molecule has 1 aromatic carbocycles. The first-order chi connectivity index (χ1) is 10.3. The number of pyridine rings is 1. The fraction of sp³-hybridized carbons (Fsp3) is 0.0625. The van der Waals surface area contributed by atoms with Gasteiger partial charge in [0.1, 0.15) is 11.4 Å². The lowest BCUT2D eigenvalue weighted by atomic mass is 10.0. The van der Waals surface area contributed by atoms with Crippen molar-refractivity contribution in [3.05, 3.63) is 60.3 Å². The van der Waals surface area contributed by atoms with Crippen molar-refractivity contribution in [3.63, 3.8) is 0 Å². The highest BCUT2D eigenvalue weighted by molar-refractivity contribution is 5.96. The Balaban J connectivity index is 2.03. The van der Waals surface area contributed by atoms with Crippen LogP contribution in [0.25, 0.3) is 22.7 Å². The Bertz CT molecular complexity index is 766. The zero-order valence-electron chi connectivity index (χ0n) is 11.3. The van der Waals surface area contributed by atoms with E-state index in [1.807, 2.05) is 24.3 Å². The summed E-state index contributed by atoms with van der Waals surface area (Å²) in [6.07, 6.45) is 1.68. The number of esters is 1. The Hall–Kier alpha value is -2.95. The molecule has 104 valence electrons. The molecule has 0 amide bonds. The minimum Gasteiger partial charge on any atom is -0.465 e. The summed E-state index contributed by atoms with van der Waals surface area (Å²) >= 11 is 0. The number of rotatable bonds is 3. The van der Waals surface area contributed by atoms with Gasteiger partial charge in [0.25, 0.3) is 0 Å². The quantitative estimate of drug-likeness (QED) is 0.689. The minimum absolute atomic E-state index is 0.409. The van der Waals surface area contributed by atoms with Crippen LogP contribution in [0.4, 0.5) is 0 Å². The zero-order chi connectivity index (χ0) is 14.7. The molecule has 0 fully saturated rings. The van der Waals surface area contributed by atoms with E-state index in [1.165, 1.54) is 7.11 Å². The van der Waals surface area contributed by atoms with Crippen LogP contribution in [-0.4, -0.2) is 23.2 Å². The number of nitrogens with zero attached hydrogens (tertiary/aromatic N) is 2. The molecule has 0 N–H and O–H groups in total. The first-order valence-electron chi connectivity index (χ1n) is 6.35. The van der Waals surface area contributed by atoms with Crippen molar-refractivity contribution in [2.45, 2.75) is 0 Å². The number of methoxy groups -OCH3 is 1. The van der Waals surface area contributed by atoms with Crippen LogP contribution in [0.1, 0.15) is 10.4 Å². The SMILES string of the molecule is COC(=O)c1ccccc1-c1cc(-c2ccccn2)on1. The number of ether oxygens (including phenoxy) is 1. The lowest BCUT2D eigenvalue weighted by Gasteiger charge is -2.03. The molecule has 3 aromatic rings. The minimum atomic E-state index is -0.409. The highest BCUT2D eigenvalue weighted by Crippen LogP contribution is 2.27. The number of hydrogen-bond acceptors (Lipinski definition) is 5. The molecule has 0 bridgehead atoms. The summed E-state index contributed by atoms with van der Waals surface area (Å²) in [4.78, 5) is 16.0. The van der Waals surface area contributed by atoms with E-state index in [1.54, 1.807) is 30.5 Å². The van der Waals surface area contributed by atoms with Crippen LogP contribution in [0.3, 0.4) is 0 Å². The predicted molar refractivity (Wildman–Crippen MR) is 76.5 cm³/mol. The zero-order valence-corrected chi connectivity index (χ0v) is 11.3. The molecular weight excluding hydrogens is 268 g/mol. The van der Waals surface area contributed by atoms with Gasteiger partial charge >= 0.3 is 5.97 Å². The second kappa shape index (κ2) is 5.58. The normalized spacial score (nSPS) is 10.3. The summed E-state index contributed by atoms with van der Waals surface area (Å²) in [7, 11) is 1.35. The van der Waals surface area contributed by atoms with E-state index in [4.69, 9.17) is 9.26 Å². The van der Waals surface area contributed by atoms with Gasteiger partial charge in [-0.25, -0.2) is 4.79 Å². The van der Waals surface area contributed by atoms with Gasteiger partial charge in [0.15, 0.2) is 5.76 Å². The van der Waals surface area contributed by atoms with E-state index in [9.17, 15) is 4.79 Å². The summed E-state index contributed by atoms with van der Waals surface area (Å²) in [5.41, 5.74) is 2.36. The number of hydrogen-bond donors (Lipinski definition) is 0. The summed E-state index contributed by atoms with van der Waals surface area (Å²) < 4.78 is 10.1. The van der Waals surface area contributed by atoms with Crippen molar-refractivity contribution in [1.29, 1.82) is 0 Å². The average Bonchev–Trinajstić information content (AvgIpc) is 3.05. The number of aromatic nitrogens is 2. The number of benzene rings is 1. The van der Waals surface area contributed by atoms with Gasteiger partial charge in [-0.1, -0.05) is 29.4 Å². The van der Waals surface area contributed by atoms with E-state index in [0.29, 0.717) is 28.3 Å². The lowest BCUT2D eigenvalue weighted by molar-refractivity contribution is 0.0601. The van der Waals surface area contributed by atoms with Crippen LogP contribution in [0.15, 0.2) is 59.3 Å². The van der Waals surface area contributed by atoms with Gasteiger partial charge in [-0.15, -0.1) is 0 Å². The lowest BCUT2D eigenvalue weighted by Crippen LogP contribution is -2.03. The maximum Gasteiger partial charge on any atom is 0.338 e. The van der Waals surface area contributed by atoms with Crippen molar-refractivity contribution in [2.24, 2.45) is 0 Å². The Morgan fingerprint density at radius 1 is 1.10 bits per heavy atom. The highest BCUT2D eigenvalue weighted by atomic mass is 16.5. The third kappa shape index (κ3) is 2.53. The molecule has 5 heteroatoms. The molecule has 3 rings (SSSR count). The number of carbonyl (C=O) groups is 1. The molecule has 5 nitrogen and oxygen atoms in total. The molecule has 0 radical (unpaired) electrons. The molecule has 0 aliphatic carbocycles. The molecule has 0 unspecified atom stereocenters. The number of carbonyl (C=O) groups excluding carboxylic acids is 1. The standard InChI is InChI=1S/C16H12N2O3/c1-20-16(19)12-7-3-2-6-11(12)14-10-15(21-18-14)13-8-4-5-9-17-13/h2-10H,1H3. The van der Waals surface area contributed by atoms with Gasteiger partial charge in [0.05, 0.1) is 12.7 Å². The van der Waals surface area contributed by atoms with E-state index in [-0.39, 0.29) is 0 Å². The molecule has 0 aliphatic rings. The summed E-state index contributed by atoms with van der Waals surface area (Å²) in [6.45, 7) is 0. The van der Waals surface area contributed by atoms with Gasteiger partial charge in [0.2, 0.25) is 0 Å². The first kappa shape index (κ1) is 13.1. The van der Waals surface area contributed by atoms with Crippen LogP contribution in [0, 0.1) is 0 Å². The van der Waals surface area contributed by atoms with Crippen molar-refractivity contribution < 1.29 is 14.1 Å². The Morgan fingerprint density at radius 3 is 2.67 bits per heavy atom. The van der Waals surface area contributed by atoms with E-state index < -0.39 is 5.97 Å². The maximum atomic E-state index is 11.8. The van der Waals surface area contributed by atoms with Crippen molar-refractivity contribution >= 4 is 5.97 Å². The fourth-order valence-corrected chi connectivity index (χ4v) is 2.03. The maximum absolute atomic E-state index is 11.8. The van der Waals surface area contributed by atoms with Crippen LogP contribution in [0.2, 0.25) is 0 Å². The van der Waals surface area contributed by atoms with E-state index in [0.717, 1.165) is 0 Å². The monoisotopic (exact) mass is 280 g/mol. The van der Waals surface area contributed by atoms with Crippen LogP contribution < -0.4 is 0 Å². The second-order valence-electron chi connectivity index (χ2n) is 4.33. The van der Waals surface area contributed by atoms with Gasteiger partial charge < -0.3 is 9.26 Å². The molecule has 0 atom stereocenters. The predicted octanol–water partition coefficient (Wildman–Crippen LogP) is 3.19. The highest BCUT2D eigenvalue weighted by Gasteiger charge is 2.16. The fourth-order valence-electron chi connectivity index (χ4n) is 2.03. The molecule has 0 spiro atoms. The molecule has 21 heavy (non-hydrogen) atoms. The largest absolute Gasteiger partial charge is 0.465 e. The molecular formula is C16H12N2O3. The summed E-state index contributed by atoms with van der Waals surface area (Å²) in [5.74, 6) is 0.137. The molecule has 0 aliphatic heterocycles. The summed E-state index contributed by atoms with van der Waals surface area (Å²) in [6, 6.07) is 14.4. The molecule has 0 saturated carbocycles. The van der Waals surface area contributed by atoms with E-state index >= 15 is 0 Å². The first-order valence-corrected chi connectivity index (χ1v) is 6.35. The second-order valence-corrected chi connectivity index (χ2v) is 4.33. The van der Waals surface area contributed by atoms with E-state index in [2.05, 4.69) is 10.1 Å². The van der Waals surface area contributed by atoms with Crippen LogP contribution >= 0.6 is 0 Å². The van der Waals surface area contributed by atoms with Gasteiger partial charge in [-0.3, -0.25) is 4.98 Å².